The Bertz CT molecular complexity index is 1170. The smallest absolute Gasteiger partial charge is 0.250 e. The summed E-state index contributed by atoms with van der Waals surface area (Å²) < 4.78 is 2.82. The Morgan fingerprint density at radius 1 is 1.10 bits per heavy atom. The third-order valence-corrected chi connectivity index (χ3v) is 6.70. The highest BCUT2D eigenvalue weighted by Gasteiger charge is 2.11. The summed E-state index contributed by atoms with van der Waals surface area (Å²) in [6.45, 7) is 1.89. The van der Waals surface area contributed by atoms with E-state index in [1.165, 1.54) is 34.4 Å². The molecule has 0 spiro atoms. The highest BCUT2D eigenvalue weighted by atomic mass is 32.2. The van der Waals surface area contributed by atoms with Crippen molar-refractivity contribution in [2.75, 3.05) is 5.75 Å². The monoisotopic (exact) mass is 439 g/mol. The molecule has 0 radical (unpaired) electrons. The molecule has 0 unspecified atom stereocenters. The van der Waals surface area contributed by atoms with Gasteiger partial charge in [0, 0.05) is 11.1 Å². The number of nitrogens with zero attached hydrogens (tertiary/aromatic N) is 4. The third-order valence-electron chi connectivity index (χ3n) is 3.90. The van der Waals surface area contributed by atoms with Crippen LogP contribution in [-0.4, -0.2) is 26.4 Å². The van der Waals surface area contributed by atoms with E-state index in [0.717, 1.165) is 26.3 Å². The van der Waals surface area contributed by atoms with Crippen LogP contribution in [0.4, 0.5) is 0 Å². The summed E-state index contributed by atoms with van der Waals surface area (Å²) in [6.07, 6.45) is 0. The fraction of sp³-hybridized carbons (Fsp3) is 0.100. The van der Waals surface area contributed by atoms with Crippen molar-refractivity contribution in [3.63, 3.8) is 0 Å². The van der Waals surface area contributed by atoms with Gasteiger partial charge in [-0.1, -0.05) is 71.6 Å². The maximum atomic E-state index is 12.2. The van der Waals surface area contributed by atoms with Gasteiger partial charge in [0.25, 0.3) is 5.91 Å². The van der Waals surface area contributed by atoms with Crippen LogP contribution in [0.15, 0.2) is 75.5 Å². The summed E-state index contributed by atoms with van der Waals surface area (Å²) in [7, 11) is 0. The molecule has 29 heavy (non-hydrogen) atoms. The topological polar surface area (TPSA) is 72.2 Å². The number of benzene rings is 2. The highest BCUT2D eigenvalue weighted by Crippen LogP contribution is 2.23. The Morgan fingerprint density at radius 3 is 2.52 bits per heavy atom. The van der Waals surface area contributed by atoms with Gasteiger partial charge < -0.3 is 0 Å². The molecule has 2 aromatic carbocycles. The summed E-state index contributed by atoms with van der Waals surface area (Å²) in [4.78, 5) is 12.9. The molecular weight excluding hydrogens is 422 g/mol. The summed E-state index contributed by atoms with van der Waals surface area (Å²) in [5, 5.41) is 15.3. The largest absolute Gasteiger partial charge is 0.284 e. The van der Waals surface area contributed by atoms with Gasteiger partial charge in [0.15, 0.2) is 4.34 Å². The zero-order chi connectivity index (χ0) is 20.1. The fourth-order valence-corrected chi connectivity index (χ4v) is 5.11. The van der Waals surface area contributed by atoms with E-state index in [2.05, 4.69) is 32.9 Å². The first kappa shape index (κ1) is 19.6. The van der Waals surface area contributed by atoms with Gasteiger partial charge in [-0.05, 0) is 24.6 Å². The number of hydrogen-bond donors (Lipinski definition) is 1. The van der Waals surface area contributed by atoms with E-state index in [4.69, 9.17) is 0 Å². The van der Waals surface area contributed by atoms with Gasteiger partial charge >= 0.3 is 0 Å². The predicted octanol–water partition coefficient (Wildman–Crippen LogP) is 4.09. The Balaban J connectivity index is 1.59. The number of aromatic nitrogens is 3. The van der Waals surface area contributed by atoms with Crippen LogP contribution in [0, 0.1) is 6.92 Å². The lowest BCUT2D eigenvalue weighted by molar-refractivity contribution is -0.118. The number of amides is 1. The first-order chi connectivity index (χ1) is 14.2. The minimum Gasteiger partial charge on any atom is -0.284 e. The zero-order valence-electron chi connectivity index (χ0n) is 15.5. The van der Waals surface area contributed by atoms with E-state index in [9.17, 15) is 4.79 Å². The van der Waals surface area contributed by atoms with E-state index in [-0.39, 0.29) is 11.7 Å². The van der Waals surface area contributed by atoms with E-state index < -0.39 is 0 Å². The van der Waals surface area contributed by atoms with Gasteiger partial charge in [-0.3, -0.25) is 9.36 Å². The van der Waals surface area contributed by atoms with Gasteiger partial charge in [0.2, 0.25) is 4.80 Å². The van der Waals surface area contributed by atoms with Crippen molar-refractivity contribution in [1.29, 1.82) is 0 Å². The summed E-state index contributed by atoms with van der Waals surface area (Å²) in [5.41, 5.74) is 5.76. The third kappa shape index (κ3) is 4.81. The van der Waals surface area contributed by atoms with Crippen molar-refractivity contribution in [3.8, 4) is 16.9 Å². The van der Waals surface area contributed by atoms with E-state index >= 15 is 0 Å². The standard InChI is InChI=1S/C20H17N5OS3/c1-14-21-24-20(29-14)28-13-18(26)22-23-19-25(16-10-6-3-7-11-16)17(12-27-19)15-8-4-2-5-9-15/h2-12H,13H2,1H3,(H,22,26)/b23-19+. The Kier molecular flexibility index (Phi) is 6.18. The lowest BCUT2D eigenvalue weighted by Gasteiger charge is -2.09. The molecular formula is C20H17N5OS3. The minimum atomic E-state index is -0.183. The van der Waals surface area contributed by atoms with Gasteiger partial charge in [-0.2, -0.15) is 0 Å². The van der Waals surface area contributed by atoms with Crippen LogP contribution in [0.5, 0.6) is 0 Å². The number of aryl methyl sites for hydroxylation is 1. The van der Waals surface area contributed by atoms with Crippen LogP contribution in [0.3, 0.4) is 0 Å². The molecule has 0 aliphatic rings. The molecule has 2 aromatic heterocycles. The molecule has 4 rings (SSSR count). The fourth-order valence-electron chi connectivity index (χ4n) is 2.63. The van der Waals surface area contributed by atoms with E-state index in [1.807, 2.05) is 65.4 Å². The maximum absolute atomic E-state index is 12.2. The first-order valence-corrected chi connectivity index (χ1v) is 11.5. The quantitative estimate of drug-likeness (QED) is 0.363. The molecule has 0 saturated carbocycles. The average Bonchev–Trinajstić information content (AvgIpc) is 3.38. The number of rotatable bonds is 6. The zero-order valence-corrected chi connectivity index (χ0v) is 17.9. The van der Waals surface area contributed by atoms with Gasteiger partial charge in [-0.25, -0.2) is 5.43 Å². The summed E-state index contributed by atoms with van der Waals surface area (Å²) >= 11 is 4.31. The van der Waals surface area contributed by atoms with E-state index in [0.29, 0.717) is 4.80 Å². The second-order valence-corrected chi connectivity index (χ2v) is 9.20. The second kappa shape index (κ2) is 9.17. The van der Waals surface area contributed by atoms with Gasteiger partial charge in [-0.15, -0.1) is 26.6 Å². The SMILES string of the molecule is Cc1nnc(SCC(=O)N/N=c2/scc(-c3ccccc3)n2-c2ccccc2)s1. The number of carbonyl (C=O) groups is 1. The van der Waals surface area contributed by atoms with Crippen LogP contribution in [0.2, 0.25) is 0 Å². The summed E-state index contributed by atoms with van der Waals surface area (Å²) in [5.74, 6) is 0.0533. The number of nitrogens with one attached hydrogen (secondary N) is 1. The van der Waals surface area contributed by atoms with Crippen molar-refractivity contribution in [1.82, 2.24) is 20.2 Å². The van der Waals surface area contributed by atoms with Crippen molar-refractivity contribution in [2.45, 2.75) is 11.3 Å². The van der Waals surface area contributed by atoms with Crippen LogP contribution >= 0.6 is 34.4 Å². The molecule has 0 saturated heterocycles. The molecule has 0 fully saturated rings. The van der Waals surface area contributed by atoms with Crippen LogP contribution in [0.25, 0.3) is 16.9 Å². The number of carbonyl (C=O) groups excluding carboxylic acids is 1. The molecule has 6 nitrogen and oxygen atoms in total. The molecule has 0 aliphatic heterocycles. The van der Waals surface area contributed by atoms with Crippen LogP contribution < -0.4 is 10.2 Å². The Labute approximate surface area is 180 Å². The van der Waals surface area contributed by atoms with Crippen molar-refractivity contribution in [2.24, 2.45) is 5.10 Å². The molecule has 1 N–H and O–H groups in total. The minimum absolute atomic E-state index is 0.183. The molecule has 4 aromatic rings. The molecule has 146 valence electrons. The molecule has 0 aliphatic carbocycles. The molecule has 2 heterocycles. The van der Waals surface area contributed by atoms with Crippen LogP contribution in [-0.2, 0) is 4.79 Å². The Morgan fingerprint density at radius 2 is 1.83 bits per heavy atom. The highest BCUT2D eigenvalue weighted by molar-refractivity contribution is 8.01. The number of thiazole rings is 1. The second-order valence-electron chi connectivity index (χ2n) is 5.96. The normalized spacial score (nSPS) is 11.6. The maximum Gasteiger partial charge on any atom is 0.250 e. The molecule has 0 atom stereocenters. The lowest BCUT2D eigenvalue weighted by atomic mass is 10.1. The average molecular weight is 440 g/mol. The Hall–Kier alpha value is -2.75. The van der Waals surface area contributed by atoms with Gasteiger partial charge in [0.05, 0.1) is 11.4 Å². The number of para-hydroxylation sites is 1. The first-order valence-electron chi connectivity index (χ1n) is 8.77. The van der Waals surface area contributed by atoms with Gasteiger partial charge in [0.1, 0.15) is 5.01 Å². The van der Waals surface area contributed by atoms with Crippen molar-refractivity contribution in [3.05, 3.63) is 75.9 Å². The number of hydrogen-bond acceptors (Lipinski definition) is 7. The molecule has 1 amide bonds. The molecule has 0 bridgehead atoms. The summed E-state index contributed by atoms with van der Waals surface area (Å²) in [6, 6.07) is 20.1. The lowest BCUT2D eigenvalue weighted by Crippen LogP contribution is -2.25. The van der Waals surface area contributed by atoms with E-state index in [1.54, 1.807) is 0 Å². The van der Waals surface area contributed by atoms with Crippen LogP contribution in [0.1, 0.15) is 5.01 Å². The van der Waals surface area contributed by atoms with Crippen molar-refractivity contribution >= 4 is 40.3 Å². The predicted molar refractivity (Wildman–Crippen MR) is 118 cm³/mol. The molecule has 9 heteroatoms. The number of thioether (sulfide) groups is 1. The van der Waals surface area contributed by atoms with Crippen molar-refractivity contribution < 1.29 is 4.79 Å².